The molecule has 0 bridgehead atoms. The first kappa shape index (κ1) is 24.9. The predicted octanol–water partition coefficient (Wildman–Crippen LogP) is 6.52. The van der Waals surface area contributed by atoms with Gasteiger partial charge in [0.1, 0.15) is 0 Å². The Morgan fingerprint density at radius 3 is 2.52 bits per heavy atom. The van der Waals surface area contributed by atoms with Crippen LogP contribution >= 0.6 is 0 Å². The standard InChI is InChI=1S/C30H46O3/c1-19(2)33-29(23-10-11-23)15-8-20(3)26-13-14-27-22(7-6-16-30(26,27)5)9-12-24-17-25(31)18-28(32)21(24)4/h8-9,12,15,19-20,23,25-29,31-32H,4,6-7,10-11,13-14,16-18H2,1-3,5H3/b15-8+,22-9+,24-12-/t20-,25-,26-,27+,28+,29?,30-/m1/s1. The van der Waals surface area contributed by atoms with E-state index in [1.54, 1.807) is 5.57 Å². The van der Waals surface area contributed by atoms with Crippen molar-refractivity contribution in [2.24, 2.45) is 29.1 Å². The number of hydrogen-bond donors (Lipinski definition) is 2. The van der Waals surface area contributed by atoms with Gasteiger partial charge in [0, 0.05) is 6.42 Å². The average molecular weight is 455 g/mol. The van der Waals surface area contributed by atoms with Gasteiger partial charge in [0.05, 0.1) is 24.4 Å². The Morgan fingerprint density at radius 1 is 1.06 bits per heavy atom. The first-order valence-corrected chi connectivity index (χ1v) is 13.5. The van der Waals surface area contributed by atoms with Gasteiger partial charge in [-0.1, -0.05) is 50.3 Å². The first-order chi connectivity index (χ1) is 15.7. The molecule has 0 aromatic rings. The van der Waals surface area contributed by atoms with Gasteiger partial charge in [-0.15, -0.1) is 0 Å². The van der Waals surface area contributed by atoms with Crippen molar-refractivity contribution < 1.29 is 14.9 Å². The summed E-state index contributed by atoms with van der Waals surface area (Å²) in [5.41, 5.74) is 3.72. The smallest absolute Gasteiger partial charge is 0.0811 e. The topological polar surface area (TPSA) is 49.7 Å². The van der Waals surface area contributed by atoms with Crippen molar-refractivity contribution in [2.45, 2.75) is 110 Å². The van der Waals surface area contributed by atoms with Crippen molar-refractivity contribution in [3.05, 3.63) is 47.6 Å². The van der Waals surface area contributed by atoms with E-state index in [0.717, 1.165) is 17.1 Å². The van der Waals surface area contributed by atoms with Gasteiger partial charge in [-0.05, 0) is 105 Å². The molecule has 0 saturated heterocycles. The molecule has 0 aliphatic heterocycles. The molecular formula is C30H46O3. The molecule has 7 atom stereocenters. The lowest BCUT2D eigenvalue weighted by atomic mass is 9.61. The van der Waals surface area contributed by atoms with E-state index in [2.05, 4.69) is 58.6 Å². The van der Waals surface area contributed by atoms with E-state index < -0.39 is 12.2 Å². The molecule has 0 aromatic heterocycles. The molecular weight excluding hydrogens is 408 g/mol. The molecule has 2 N–H and O–H groups in total. The quantitative estimate of drug-likeness (QED) is 0.430. The minimum Gasteiger partial charge on any atom is -0.393 e. The molecule has 4 aliphatic carbocycles. The highest BCUT2D eigenvalue weighted by Gasteiger charge is 2.50. The van der Waals surface area contributed by atoms with Crippen molar-refractivity contribution in [3.8, 4) is 0 Å². The lowest BCUT2D eigenvalue weighted by molar-refractivity contribution is 0.0230. The third-order valence-corrected chi connectivity index (χ3v) is 9.06. The zero-order valence-corrected chi connectivity index (χ0v) is 21.3. The van der Waals surface area contributed by atoms with Crippen LogP contribution in [0.4, 0.5) is 0 Å². The van der Waals surface area contributed by atoms with E-state index in [1.165, 1.54) is 44.9 Å². The normalized spacial score (nSPS) is 39.5. The van der Waals surface area contributed by atoms with E-state index in [4.69, 9.17) is 4.74 Å². The molecule has 4 saturated carbocycles. The van der Waals surface area contributed by atoms with E-state index in [-0.39, 0.29) is 6.10 Å². The summed E-state index contributed by atoms with van der Waals surface area (Å²) >= 11 is 0. The number of fused-ring (bicyclic) bond motifs is 1. The van der Waals surface area contributed by atoms with Crippen LogP contribution in [0.15, 0.2) is 47.6 Å². The highest BCUT2D eigenvalue weighted by atomic mass is 16.5. The van der Waals surface area contributed by atoms with Gasteiger partial charge < -0.3 is 14.9 Å². The van der Waals surface area contributed by atoms with Crippen LogP contribution in [-0.4, -0.2) is 34.6 Å². The van der Waals surface area contributed by atoms with Crippen molar-refractivity contribution in [3.63, 3.8) is 0 Å². The van der Waals surface area contributed by atoms with Gasteiger partial charge in [-0.3, -0.25) is 0 Å². The number of ether oxygens (including phenoxy) is 1. The van der Waals surface area contributed by atoms with Crippen LogP contribution in [0.5, 0.6) is 0 Å². The summed E-state index contributed by atoms with van der Waals surface area (Å²) in [6.45, 7) is 13.3. The number of allylic oxidation sites excluding steroid dienone is 4. The molecule has 0 heterocycles. The van der Waals surface area contributed by atoms with Crippen molar-refractivity contribution >= 4 is 0 Å². The molecule has 4 rings (SSSR count). The fraction of sp³-hybridized carbons (Fsp3) is 0.733. The Morgan fingerprint density at radius 2 is 1.82 bits per heavy atom. The third kappa shape index (κ3) is 5.57. The Labute approximate surface area is 201 Å². The monoisotopic (exact) mass is 454 g/mol. The molecule has 184 valence electrons. The van der Waals surface area contributed by atoms with Crippen LogP contribution in [0.25, 0.3) is 0 Å². The number of aliphatic hydroxyl groups excluding tert-OH is 2. The molecule has 0 radical (unpaired) electrons. The second-order valence-electron chi connectivity index (χ2n) is 11.9. The molecule has 4 aliphatic rings. The largest absolute Gasteiger partial charge is 0.393 e. The van der Waals surface area contributed by atoms with E-state index in [0.29, 0.717) is 42.1 Å². The molecule has 3 nitrogen and oxygen atoms in total. The highest BCUT2D eigenvalue weighted by molar-refractivity contribution is 5.38. The van der Waals surface area contributed by atoms with Gasteiger partial charge in [-0.25, -0.2) is 0 Å². The summed E-state index contributed by atoms with van der Waals surface area (Å²) in [7, 11) is 0. The van der Waals surface area contributed by atoms with E-state index in [9.17, 15) is 10.2 Å². The number of rotatable bonds is 7. The summed E-state index contributed by atoms with van der Waals surface area (Å²) in [5.74, 6) is 2.65. The Hall–Kier alpha value is -1.16. The first-order valence-electron chi connectivity index (χ1n) is 13.5. The van der Waals surface area contributed by atoms with E-state index >= 15 is 0 Å². The van der Waals surface area contributed by atoms with Crippen LogP contribution in [0.3, 0.4) is 0 Å². The van der Waals surface area contributed by atoms with Gasteiger partial charge in [0.2, 0.25) is 0 Å². The fourth-order valence-corrected chi connectivity index (χ4v) is 7.08. The molecule has 3 heteroatoms. The maximum atomic E-state index is 10.2. The van der Waals surface area contributed by atoms with Gasteiger partial charge >= 0.3 is 0 Å². The minimum absolute atomic E-state index is 0.284. The zero-order valence-electron chi connectivity index (χ0n) is 21.3. The second kappa shape index (κ2) is 10.2. The molecule has 0 aromatic carbocycles. The summed E-state index contributed by atoms with van der Waals surface area (Å²) in [5, 5.41) is 20.3. The van der Waals surface area contributed by atoms with Crippen LogP contribution < -0.4 is 0 Å². The summed E-state index contributed by atoms with van der Waals surface area (Å²) < 4.78 is 6.20. The second-order valence-corrected chi connectivity index (χ2v) is 11.9. The Balaban J connectivity index is 1.47. The van der Waals surface area contributed by atoms with E-state index in [1.807, 2.05) is 0 Å². The van der Waals surface area contributed by atoms with Gasteiger partial charge in [0.25, 0.3) is 0 Å². The molecule has 33 heavy (non-hydrogen) atoms. The van der Waals surface area contributed by atoms with Gasteiger partial charge in [0.15, 0.2) is 0 Å². The molecule has 0 spiro atoms. The maximum absolute atomic E-state index is 10.2. The predicted molar refractivity (Wildman–Crippen MR) is 136 cm³/mol. The van der Waals surface area contributed by atoms with Crippen LogP contribution in [0.2, 0.25) is 0 Å². The molecule has 4 fully saturated rings. The summed E-state index contributed by atoms with van der Waals surface area (Å²) in [6.07, 6.45) is 18.7. The Bertz CT molecular complexity index is 801. The van der Waals surface area contributed by atoms with Crippen LogP contribution in [0.1, 0.15) is 85.5 Å². The lowest BCUT2D eigenvalue weighted by Crippen LogP contribution is -2.35. The molecule has 0 amide bonds. The van der Waals surface area contributed by atoms with Gasteiger partial charge in [-0.2, -0.15) is 0 Å². The maximum Gasteiger partial charge on any atom is 0.0811 e. The molecule has 1 unspecified atom stereocenters. The highest BCUT2D eigenvalue weighted by Crippen LogP contribution is 2.59. The van der Waals surface area contributed by atoms with Crippen molar-refractivity contribution in [2.75, 3.05) is 0 Å². The zero-order chi connectivity index (χ0) is 23.8. The third-order valence-electron chi connectivity index (χ3n) is 9.06. The number of aliphatic hydroxyl groups is 2. The fourth-order valence-electron chi connectivity index (χ4n) is 7.08. The average Bonchev–Trinajstić information content (AvgIpc) is 3.53. The van der Waals surface area contributed by atoms with Crippen LogP contribution in [0, 0.1) is 29.1 Å². The van der Waals surface area contributed by atoms with Crippen molar-refractivity contribution in [1.29, 1.82) is 0 Å². The summed E-state index contributed by atoms with van der Waals surface area (Å²) in [4.78, 5) is 0. The minimum atomic E-state index is -0.613. The SMILES string of the molecule is C=C1/C(=C\C=C2/CCC[C@]3(C)[C@@H]([C@H](C)/C=C/C(OC(C)C)C4CC4)CC[C@@H]23)C[C@@H](O)C[C@@H]1O. The van der Waals surface area contributed by atoms with Crippen LogP contribution in [-0.2, 0) is 4.74 Å². The number of hydrogen-bond acceptors (Lipinski definition) is 3. The van der Waals surface area contributed by atoms with Crippen molar-refractivity contribution in [1.82, 2.24) is 0 Å². The Kier molecular flexibility index (Phi) is 7.73. The summed E-state index contributed by atoms with van der Waals surface area (Å²) in [6, 6.07) is 0. The lowest BCUT2D eigenvalue weighted by Gasteiger charge is -2.44.